The van der Waals surface area contributed by atoms with E-state index in [9.17, 15) is 4.79 Å². The van der Waals surface area contributed by atoms with Gasteiger partial charge in [-0.2, -0.15) is 0 Å². The van der Waals surface area contributed by atoms with Gasteiger partial charge >= 0.3 is 5.97 Å². The van der Waals surface area contributed by atoms with E-state index >= 15 is 0 Å². The largest absolute Gasteiger partial charge is 0.459 e. The number of hydrogen-bond acceptors (Lipinski definition) is 4. The molecule has 0 aliphatic rings. The predicted molar refractivity (Wildman–Crippen MR) is 162 cm³/mol. The number of unbranched alkanes of at least 4 members (excludes halogenated alkanes) is 10. The molecule has 0 aliphatic carbocycles. The molecule has 0 saturated heterocycles. The van der Waals surface area contributed by atoms with Crippen molar-refractivity contribution in [2.45, 2.75) is 116 Å². The lowest BCUT2D eigenvalue weighted by atomic mass is 10.0. The van der Waals surface area contributed by atoms with Crippen LogP contribution in [0.1, 0.15) is 119 Å². The number of aryl methyl sites for hydroxylation is 2. The number of benzene rings is 2. The maximum atomic E-state index is 12.1. The molecule has 0 saturated carbocycles. The van der Waals surface area contributed by atoms with Crippen molar-refractivity contribution in [3.8, 4) is 11.1 Å². The predicted octanol–water partition coefficient (Wildman–Crippen LogP) is 9.57. The van der Waals surface area contributed by atoms with E-state index in [0.29, 0.717) is 5.56 Å². The molecule has 0 amide bonds. The zero-order valence-electron chi connectivity index (χ0n) is 24.2. The van der Waals surface area contributed by atoms with Crippen molar-refractivity contribution in [1.29, 1.82) is 0 Å². The lowest BCUT2D eigenvalue weighted by Gasteiger charge is -2.13. The van der Waals surface area contributed by atoms with Crippen LogP contribution in [0.2, 0.25) is 0 Å². The van der Waals surface area contributed by atoms with E-state index in [2.05, 4.69) is 41.2 Å². The van der Waals surface area contributed by atoms with E-state index in [1.807, 2.05) is 37.5 Å². The Hall–Kier alpha value is -3.01. The maximum Gasteiger partial charge on any atom is 0.338 e. The van der Waals surface area contributed by atoms with E-state index in [1.54, 1.807) is 12.1 Å². The molecule has 1 atom stereocenters. The smallest absolute Gasteiger partial charge is 0.338 e. The molecule has 4 heteroatoms. The average Bonchev–Trinajstić information content (AvgIpc) is 2.97. The molecular weight excluding hydrogens is 480 g/mol. The fraction of sp³-hybridized carbons (Fsp3) is 0.514. The fourth-order valence-corrected chi connectivity index (χ4v) is 4.91. The second-order valence-corrected chi connectivity index (χ2v) is 10.8. The second kappa shape index (κ2) is 18.3. The maximum absolute atomic E-state index is 12.1. The Labute approximate surface area is 236 Å². The van der Waals surface area contributed by atoms with E-state index in [-0.39, 0.29) is 12.1 Å². The first kappa shape index (κ1) is 30.5. The van der Waals surface area contributed by atoms with Crippen molar-refractivity contribution in [3.63, 3.8) is 0 Å². The molecular formula is C35H48N2O2. The molecule has 4 nitrogen and oxygen atoms in total. The molecule has 2 aromatic carbocycles. The Morgan fingerprint density at radius 2 is 1.28 bits per heavy atom. The highest BCUT2D eigenvalue weighted by molar-refractivity contribution is 5.89. The minimum Gasteiger partial charge on any atom is -0.459 e. The van der Waals surface area contributed by atoms with Crippen LogP contribution in [0.3, 0.4) is 0 Å². The van der Waals surface area contributed by atoms with Gasteiger partial charge in [-0.05, 0) is 62.3 Å². The molecule has 0 fully saturated rings. The number of nitrogens with zero attached hydrogens (tertiary/aromatic N) is 2. The van der Waals surface area contributed by atoms with E-state index in [1.165, 1.54) is 68.9 Å². The van der Waals surface area contributed by atoms with Gasteiger partial charge in [0.25, 0.3) is 0 Å². The van der Waals surface area contributed by atoms with Crippen LogP contribution in [0, 0.1) is 0 Å². The van der Waals surface area contributed by atoms with Crippen LogP contribution in [-0.2, 0) is 17.6 Å². The first-order chi connectivity index (χ1) is 19.2. The normalized spacial score (nSPS) is 11.8. The summed E-state index contributed by atoms with van der Waals surface area (Å²) < 4.78 is 5.55. The average molecular weight is 529 g/mol. The second-order valence-electron chi connectivity index (χ2n) is 10.8. The van der Waals surface area contributed by atoms with Gasteiger partial charge < -0.3 is 4.74 Å². The van der Waals surface area contributed by atoms with Crippen LogP contribution in [0.5, 0.6) is 0 Å². The molecule has 1 heterocycles. The highest BCUT2D eigenvalue weighted by atomic mass is 16.5. The van der Waals surface area contributed by atoms with E-state index < -0.39 is 0 Å². The Kier molecular flexibility index (Phi) is 14.3. The van der Waals surface area contributed by atoms with Gasteiger partial charge in [-0.1, -0.05) is 107 Å². The quantitative estimate of drug-likeness (QED) is 0.115. The Balaban J connectivity index is 1.26. The van der Waals surface area contributed by atoms with Gasteiger partial charge in [0, 0.05) is 24.4 Å². The van der Waals surface area contributed by atoms with Gasteiger partial charge in [-0.3, -0.25) is 0 Å². The lowest BCUT2D eigenvalue weighted by Crippen LogP contribution is -2.14. The molecule has 0 radical (unpaired) electrons. The number of hydrogen-bond donors (Lipinski definition) is 0. The molecule has 210 valence electrons. The summed E-state index contributed by atoms with van der Waals surface area (Å²) in [5.41, 5.74) is 4.30. The Morgan fingerprint density at radius 3 is 1.95 bits per heavy atom. The summed E-state index contributed by atoms with van der Waals surface area (Å²) >= 11 is 0. The minimum absolute atomic E-state index is 0.0623. The summed E-state index contributed by atoms with van der Waals surface area (Å²) in [7, 11) is 0. The molecule has 0 spiro atoms. The van der Waals surface area contributed by atoms with Crippen molar-refractivity contribution >= 4 is 5.97 Å². The standard InChI is InChI=1S/C35H48N2O2/c1-3-4-5-6-7-8-9-14-19-30-23-25-31(26-24-30)33-27-36-34(37-28-33)22-17-11-10-13-18-29(2)39-35(38)32-20-15-12-16-21-32/h12,15-16,20-21,23-29H,3-11,13-14,17-19,22H2,1-2H3. The Morgan fingerprint density at radius 1 is 0.692 bits per heavy atom. The first-order valence-corrected chi connectivity index (χ1v) is 15.3. The fourth-order valence-electron chi connectivity index (χ4n) is 4.91. The molecule has 1 unspecified atom stereocenters. The summed E-state index contributed by atoms with van der Waals surface area (Å²) in [4.78, 5) is 21.4. The summed E-state index contributed by atoms with van der Waals surface area (Å²) in [6.07, 6.45) is 22.1. The van der Waals surface area contributed by atoms with Crippen molar-refractivity contribution in [3.05, 3.63) is 83.9 Å². The molecule has 39 heavy (non-hydrogen) atoms. The number of esters is 1. The lowest BCUT2D eigenvalue weighted by molar-refractivity contribution is 0.0319. The molecule has 0 aliphatic heterocycles. The van der Waals surface area contributed by atoms with Gasteiger partial charge in [-0.25, -0.2) is 14.8 Å². The van der Waals surface area contributed by atoms with Crippen LogP contribution >= 0.6 is 0 Å². The van der Waals surface area contributed by atoms with Gasteiger partial charge in [-0.15, -0.1) is 0 Å². The topological polar surface area (TPSA) is 52.1 Å². The molecule has 3 rings (SSSR count). The van der Waals surface area contributed by atoms with Crippen molar-refractivity contribution in [2.75, 3.05) is 0 Å². The van der Waals surface area contributed by atoms with Gasteiger partial charge in [0.2, 0.25) is 0 Å². The number of rotatable bonds is 19. The third-order valence-corrected chi connectivity index (χ3v) is 7.39. The molecule has 0 bridgehead atoms. The van der Waals surface area contributed by atoms with Crippen LogP contribution in [0.4, 0.5) is 0 Å². The monoisotopic (exact) mass is 528 g/mol. The highest BCUT2D eigenvalue weighted by Gasteiger charge is 2.11. The van der Waals surface area contributed by atoms with E-state index in [4.69, 9.17) is 4.74 Å². The summed E-state index contributed by atoms with van der Waals surface area (Å²) in [5, 5.41) is 0. The highest BCUT2D eigenvalue weighted by Crippen LogP contribution is 2.20. The minimum atomic E-state index is -0.238. The third-order valence-electron chi connectivity index (χ3n) is 7.39. The van der Waals surface area contributed by atoms with Gasteiger partial charge in [0.1, 0.15) is 5.82 Å². The third kappa shape index (κ3) is 12.1. The van der Waals surface area contributed by atoms with Crippen molar-refractivity contribution in [1.82, 2.24) is 9.97 Å². The summed E-state index contributed by atoms with van der Waals surface area (Å²) in [5.74, 6) is 0.675. The summed E-state index contributed by atoms with van der Waals surface area (Å²) in [6, 6.07) is 18.1. The van der Waals surface area contributed by atoms with Gasteiger partial charge in [0.15, 0.2) is 0 Å². The zero-order valence-corrected chi connectivity index (χ0v) is 24.2. The molecule has 0 N–H and O–H groups in total. The summed E-state index contributed by atoms with van der Waals surface area (Å²) in [6.45, 7) is 4.25. The molecule has 1 aromatic heterocycles. The van der Waals surface area contributed by atoms with Crippen LogP contribution in [-0.4, -0.2) is 22.0 Å². The number of carbonyl (C=O) groups excluding carboxylic acids is 1. The number of carbonyl (C=O) groups is 1. The van der Waals surface area contributed by atoms with Crippen LogP contribution in [0.15, 0.2) is 67.0 Å². The van der Waals surface area contributed by atoms with Crippen molar-refractivity contribution in [2.24, 2.45) is 0 Å². The first-order valence-electron chi connectivity index (χ1n) is 15.3. The zero-order chi connectivity index (χ0) is 27.5. The van der Waals surface area contributed by atoms with Crippen LogP contribution in [0.25, 0.3) is 11.1 Å². The van der Waals surface area contributed by atoms with Gasteiger partial charge in [0.05, 0.1) is 11.7 Å². The SMILES string of the molecule is CCCCCCCCCCc1ccc(-c2cnc(CCCCCCC(C)OC(=O)c3ccccc3)nc2)cc1. The number of ether oxygens (including phenoxy) is 1. The molecule has 3 aromatic rings. The van der Waals surface area contributed by atoms with E-state index in [0.717, 1.165) is 49.9 Å². The number of aromatic nitrogens is 2. The Bertz CT molecular complexity index is 1050. The van der Waals surface area contributed by atoms with Crippen LogP contribution < -0.4 is 0 Å². The van der Waals surface area contributed by atoms with Crippen molar-refractivity contribution < 1.29 is 9.53 Å².